The van der Waals surface area contributed by atoms with E-state index in [4.69, 9.17) is 9.11 Å². The van der Waals surface area contributed by atoms with E-state index in [9.17, 15) is 21.9 Å². The van der Waals surface area contributed by atoms with E-state index in [1.165, 1.54) is 13.8 Å². The van der Waals surface area contributed by atoms with Gasteiger partial charge in [0.15, 0.2) is 0 Å². The lowest BCUT2D eigenvalue weighted by molar-refractivity contribution is 0.118. The van der Waals surface area contributed by atoms with Gasteiger partial charge in [0, 0.05) is 13.1 Å². The fraction of sp³-hybridized carbons (Fsp3) is 1.00. The molecule has 3 N–H and O–H groups in total. The van der Waals surface area contributed by atoms with Crippen LogP contribution in [0.3, 0.4) is 0 Å². The minimum absolute atomic E-state index is 0.0248. The summed E-state index contributed by atoms with van der Waals surface area (Å²) in [4.78, 5) is 1.10. The second-order valence-electron chi connectivity index (χ2n) is 4.01. The zero-order valence-electron chi connectivity index (χ0n) is 10.2. The molecule has 8 nitrogen and oxygen atoms in total. The van der Waals surface area contributed by atoms with Gasteiger partial charge in [-0.2, -0.15) is 16.8 Å². The third-order valence-corrected chi connectivity index (χ3v) is 4.25. The van der Waals surface area contributed by atoms with Gasteiger partial charge in [-0.3, -0.25) is 14.0 Å². The molecule has 0 aromatic heterocycles. The van der Waals surface area contributed by atoms with Crippen molar-refractivity contribution < 1.29 is 31.0 Å². The smallest absolute Gasteiger partial charge is 0.281 e. The van der Waals surface area contributed by atoms with Crippen LogP contribution in [-0.4, -0.2) is 66.3 Å². The number of rotatable bonds is 8. The molecule has 0 fully saturated rings. The Bertz CT molecular complexity index is 442. The maximum atomic E-state index is 11.1. The SMILES string of the molecule is CCC(N(CCS(=O)(=O)O)CC(C)O)S(=O)(=O)O. The van der Waals surface area contributed by atoms with Crippen molar-refractivity contribution >= 4 is 20.2 Å². The molecule has 0 aromatic rings. The van der Waals surface area contributed by atoms with Gasteiger partial charge in [-0.1, -0.05) is 6.92 Å². The van der Waals surface area contributed by atoms with Crippen molar-refractivity contribution in [3.05, 3.63) is 0 Å². The maximum absolute atomic E-state index is 11.1. The van der Waals surface area contributed by atoms with Crippen molar-refractivity contribution in [2.75, 3.05) is 18.8 Å². The van der Waals surface area contributed by atoms with Gasteiger partial charge < -0.3 is 5.11 Å². The first-order valence-electron chi connectivity index (χ1n) is 5.31. The molecule has 0 radical (unpaired) electrons. The Hall–Kier alpha value is -0.260. The number of hydrogen-bond donors (Lipinski definition) is 3. The lowest BCUT2D eigenvalue weighted by Crippen LogP contribution is -2.46. The Kier molecular flexibility index (Phi) is 6.68. The van der Waals surface area contributed by atoms with Crippen LogP contribution in [0.4, 0.5) is 0 Å². The monoisotopic (exact) mass is 305 g/mol. The molecule has 0 saturated heterocycles. The summed E-state index contributed by atoms with van der Waals surface area (Å²) in [6, 6.07) is 0. The highest BCUT2D eigenvalue weighted by Crippen LogP contribution is 2.11. The standard InChI is InChI=1S/C8H19NO7S2/c1-3-8(18(14,15)16)9(6-7(2)10)4-5-17(11,12)13/h7-8,10H,3-6H2,1-2H3,(H,11,12,13)(H,14,15,16). The van der Waals surface area contributed by atoms with E-state index >= 15 is 0 Å². The van der Waals surface area contributed by atoms with Crippen LogP contribution in [0.15, 0.2) is 0 Å². The van der Waals surface area contributed by atoms with Crippen LogP contribution in [0.5, 0.6) is 0 Å². The highest BCUT2D eigenvalue weighted by Gasteiger charge is 2.29. The first kappa shape index (κ1) is 17.7. The molecular formula is C8H19NO7S2. The lowest BCUT2D eigenvalue weighted by Gasteiger charge is -2.29. The molecule has 2 unspecified atom stereocenters. The molecule has 0 spiro atoms. The summed E-state index contributed by atoms with van der Waals surface area (Å²) in [5.74, 6) is -0.675. The Morgan fingerprint density at radius 1 is 1.17 bits per heavy atom. The Morgan fingerprint density at radius 2 is 1.67 bits per heavy atom. The predicted molar refractivity (Wildman–Crippen MR) is 65.3 cm³/mol. The van der Waals surface area contributed by atoms with Gasteiger partial charge in [0.25, 0.3) is 20.2 Å². The van der Waals surface area contributed by atoms with Crippen LogP contribution in [0, 0.1) is 0 Å². The van der Waals surface area contributed by atoms with E-state index in [1.807, 2.05) is 0 Å². The van der Waals surface area contributed by atoms with Crippen molar-refractivity contribution in [3.63, 3.8) is 0 Å². The van der Waals surface area contributed by atoms with E-state index in [1.54, 1.807) is 0 Å². The minimum Gasteiger partial charge on any atom is -0.392 e. The van der Waals surface area contributed by atoms with Gasteiger partial charge in [-0.05, 0) is 13.3 Å². The minimum atomic E-state index is -4.39. The van der Waals surface area contributed by atoms with Crippen LogP contribution in [0.1, 0.15) is 20.3 Å². The highest BCUT2D eigenvalue weighted by molar-refractivity contribution is 7.86. The number of aliphatic hydroxyl groups is 1. The van der Waals surface area contributed by atoms with Crippen molar-refractivity contribution in [3.8, 4) is 0 Å². The van der Waals surface area contributed by atoms with Crippen molar-refractivity contribution in [1.29, 1.82) is 0 Å². The summed E-state index contributed by atoms with van der Waals surface area (Å²) < 4.78 is 61.2. The summed E-state index contributed by atoms with van der Waals surface area (Å²) in [6.07, 6.45) is -0.876. The first-order chi connectivity index (χ1) is 7.97. The third kappa shape index (κ3) is 7.24. The summed E-state index contributed by atoms with van der Waals surface area (Å²) in [5, 5.41) is 7.92. The molecule has 10 heteroatoms. The normalized spacial score (nSPS) is 16.8. The van der Waals surface area contributed by atoms with E-state index in [2.05, 4.69) is 0 Å². The molecule has 0 bridgehead atoms. The molecule has 0 amide bonds. The Balaban J connectivity index is 4.97. The number of nitrogens with zero attached hydrogens (tertiary/aromatic N) is 1. The van der Waals surface area contributed by atoms with Crippen LogP contribution in [0.2, 0.25) is 0 Å². The Labute approximate surface area is 107 Å². The van der Waals surface area contributed by atoms with E-state index < -0.39 is 37.5 Å². The van der Waals surface area contributed by atoms with Crippen molar-refractivity contribution in [1.82, 2.24) is 4.90 Å². The van der Waals surface area contributed by atoms with Gasteiger partial charge in [0.1, 0.15) is 5.37 Å². The van der Waals surface area contributed by atoms with Gasteiger partial charge in [0.2, 0.25) is 0 Å². The first-order valence-corrected chi connectivity index (χ1v) is 8.42. The average molecular weight is 305 g/mol. The summed E-state index contributed by atoms with van der Waals surface area (Å²) in [5.41, 5.74) is 0. The lowest BCUT2D eigenvalue weighted by atomic mass is 10.3. The largest absolute Gasteiger partial charge is 0.392 e. The molecule has 0 aromatic carbocycles. The molecule has 0 rings (SSSR count). The fourth-order valence-corrected chi connectivity index (χ4v) is 3.04. The third-order valence-electron chi connectivity index (χ3n) is 2.24. The van der Waals surface area contributed by atoms with Crippen molar-refractivity contribution in [2.24, 2.45) is 0 Å². The summed E-state index contributed by atoms with van der Waals surface area (Å²) >= 11 is 0. The zero-order chi connectivity index (χ0) is 14.6. The van der Waals surface area contributed by atoms with Gasteiger partial charge in [-0.15, -0.1) is 0 Å². The molecule has 0 saturated carbocycles. The van der Waals surface area contributed by atoms with Crippen LogP contribution >= 0.6 is 0 Å². The highest BCUT2D eigenvalue weighted by atomic mass is 32.2. The van der Waals surface area contributed by atoms with Crippen molar-refractivity contribution in [2.45, 2.75) is 31.7 Å². The number of aliphatic hydroxyl groups excluding tert-OH is 1. The van der Waals surface area contributed by atoms with E-state index in [0.29, 0.717) is 0 Å². The number of hydrogen-bond acceptors (Lipinski definition) is 6. The second kappa shape index (κ2) is 6.78. The molecule has 18 heavy (non-hydrogen) atoms. The quantitative estimate of drug-likeness (QED) is 0.496. The summed E-state index contributed by atoms with van der Waals surface area (Å²) in [7, 11) is -8.63. The Morgan fingerprint density at radius 3 is 1.94 bits per heavy atom. The van der Waals surface area contributed by atoms with Gasteiger partial charge in [0.05, 0.1) is 11.9 Å². The van der Waals surface area contributed by atoms with Crippen LogP contribution < -0.4 is 0 Å². The summed E-state index contributed by atoms with van der Waals surface area (Å²) in [6.45, 7) is 2.47. The van der Waals surface area contributed by atoms with Gasteiger partial charge in [-0.25, -0.2) is 0 Å². The zero-order valence-corrected chi connectivity index (χ0v) is 11.9. The van der Waals surface area contributed by atoms with Crippen LogP contribution in [0.25, 0.3) is 0 Å². The maximum Gasteiger partial charge on any atom is 0.281 e. The average Bonchev–Trinajstić information content (AvgIpc) is 2.10. The molecule has 0 aliphatic rings. The molecule has 2 atom stereocenters. The van der Waals surface area contributed by atoms with Gasteiger partial charge >= 0.3 is 0 Å². The fourth-order valence-electron chi connectivity index (χ4n) is 1.58. The molecule has 110 valence electrons. The molecule has 0 heterocycles. The van der Waals surface area contributed by atoms with Crippen LogP contribution in [-0.2, 0) is 20.2 Å². The van der Waals surface area contributed by atoms with E-state index in [-0.39, 0.29) is 19.5 Å². The predicted octanol–water partition coefficient (Wildman–Crippen LogP) is -0.819. The molecular weight excluding hydrogens is 286 g/mol. The van der Waals surface area contributed by atoms with E-state index in [0.717, 1.165) is 4.90 Å². The molecule has 0 aliphatic carbocycles. The second-order valence-corrected chi connectivity index (χ2v) is 7.15. The topological polar surface area (TPSA) is 132 Å². The molecule has 0 aliphatic heterocycles.